The van der Waals surface area contributed by atoms with Gasteiger partial charge in [0.2, 0.25) is 0 Å². The van der Waals surface area contributed by atoms with Gasteiger partial charge < -0.3 is 15.7 Å². The van der Waals surface area contributed by atoms with Crippen molar-refractivity contribution in [1.82, 2.24) is 4.98 Å². The highest BCUT2D eigenvalue weighted by Gasteiger charge is 2.25. The molecular weight excluding hydrogens is 234 g/mol. The molecule has 1 aromatic rings. The highest BCUT2D eigenvalue weighted by atomic mass is 32.1. The summed E-state index contributed by atoms with van der Waals surface area (Å²) in [6.07, 6.45) is 4.04. The van der Waals surface area contributed by atoms with Gasteiger partial charge in [-0.2, -0.15) is 0 Å². The first-order chi connectivity index (χ1) is 8.09. The standard InChI is InChI=1S/C12H17N3OS/c1-8-7-15(5-3-11(8)16)10-6-14-4-2-9(10)12(13)17/h2,4,6,8,11,16H,3,5,7H2,1H3,(H2,13,17). The molecule has 4 nitrogen and oxygen atoms in total. The predicted octanol–water partition coefficient (Wildman–Crippen LogP) is 0.923. The Bertz CT molecular complexity index is 424. The maximum atomic E-state index is 9.73. The monoisotopic (exact) mass is 251 g/mol. The number of aliphatic hydroxyl groups is 1. The molecule has 1 aromatic heterocycles. The molecule has 0 aliphatic carbocycles. The molecule has 2 unspecified atom stereocenters. The van der Waals surface area contributed by atoms with Gasteiger partial charge in [-0.05, 0) is 18.4 Å². The van der Waals surface area contributed by atoms with Gasteiger partial charge in [0.05, 0.1) is 18.0 Å². The predicted molar refractivity (Wildman–Crippen MR) is 72.1 cm³/mol. The summed E-state index contributed by atoms with van der Waals surface area (Å²) in [5, 5.41) is 9.73. The minimum atomic E-state index is -0.212. The fraction of sp³-hybridized carbons (Fsp3) is 0.500. The average molecular weight is 251 g/mol. The van der Waals surface area contributed by atoms with Crippen molar-refractivity contribution in [2.75, 3.05) is 18.0 Å². The van der Waals surface area contributed by atoms with E-state index < -0.39 is 0 Å². The van der Waals surface area contributed by atoms with Crippen molar-refractivity contribution in [3.8, 4) is 0 Å². The number of anilines is 1. The lowest BCUT2D eigenvalue weighted by Gasteiger charge is -2.36. The van der Waals surface area contributed by atoms with Crippen molar-refractivity contribution < 1.29 is 5.11 Å². The van der Waals surface area contributed by atoms with Crippen LogP contribution in [0, 0.1) is 5.92 Å². The molecule has 1 saturated heterocycles. The Morgan fingerprint density at radius 3 is 3.06 bits per heavy atom. The largest absolute Gasteiger partial charge is 0.393 e. The van der Waals surface area contributed by atoms with Gasteiger partial charge in [-0.15, -0.1) is 0 Å². The zero-order valence-corrected chi connectivity index (χ0v) is 10.7. The van der Waals surface area contributed by atoms with Gasteiger partial charge in [-0.25, -0.2) is 0 Å². The van der Waals surface area contributed by atoms with Crippen LogP contribution >= 0.6 is 12.2 Å². The summed E-state index contributed by atoms with van der Waals surface area (Å²) >= 11 is 5.05. The van der Waals surface area contributed by atoms with Gasteiger partial charge in [-0.1, -0.05) is 19.1 Å². The van der Waals surface area contributed by atoms with Gasteiger partial charge in [0.25, 0.3) is 0 Å². The molecule has 0 amide bonds. The lowest BCUT2D eigenvalue weighted by atomic mass is 9.96. The third kappa shape index (κ3) is 2.56. The van der Waals surface area contributed by atoms with Crippen LogP contribution in [-0.4, -0.2) is 34.3 Å². The number of pyridine rings is 1. The number of piperidine rings is 1. The highest BCUT2D eigenvalue weighted by Crippen LogP contribution is 2.25. The van der Waals surface area contributed by atoms with E-state index >= 15 is 0 Å². The number of nitrogens with zero attached hydrogens (tertiary/aromatic N) is 2. The first-order valence-corrected chi connectivity index (χ1v) is 6.17. The molecule has 17 heavy (non-hydrogen) atoms. The molecule has 0 aromatic carbocycles. The zero-order valence-electron chi connectivity index (χ0n) is 9.84. The maximum Gasteiger partial charge on any atom is 0.106 e. The summed E-state index contributed by atoms with van der Waals surface area (Å²) in [5.74, 6) is 0.253. The van der Waals surface area contributed by atoms with Crippen LogP contribution in [0.15, 0.2) is 18.5 Å². The molecule has 0 saturated carbocycles. The van der Waals surface area contributed by atoms with E-state index in [2.05, 4.69) is 9.88 Å². The number of thiocarbonyl (C=S) groups is 1. The maximum absolute atomic E-state index is 9.73. The molecule has 2 rings (SSSR count). The first-order valence-electron chi connectivity index (χ1n) is 5.76. The van der Waals surface area contributed by atoms with E-state index in [-0.39, 0.29) is 12.0 Å². The quantitative estimate of drug-likeness (QED) is 0.765. The Labute approximate surface area is 106 Å². The van der Waals surface area contributed by atoms with Gasteiger partial charge in [0, 0.05) is 24.8 Å². The third-order valence-electron chi connectivity index (χ3n) is 3.27. The van der Waals surface area contributed by atoms with Gasteiger partial charge in [0.15, 0.2) is 0 Å². The minimum absolute atomic E-state index is 0.212. The molecule has 92 valence electrons. The number of aromatic nitrogens is 1. The van der Waals surface area contributed by atoms with Crippen LogP contribution in [0.4, 0.5) is 5.69 Å². The van der Waals surface area contributed by atoms with Crippen LogP contribution in [0.2, 0.25) is 0 Å². The van der Waals surface area contributed by atoms with Crippen molar-refractivity contribution in [3.05, 3.63) is 24.0 Å². The van der Waals surface area contributed by atoms with E-state index in [1.807, 2.05) is 13.0 Å². The van der Waals surface area contributed by atoms with Crippen LogP contribution in [0.5, 0.6) is 0 Å². The molecule has 1 fully saturated rings. The summed E-state index contributed by atoms with van der Waals surface area (Å²) in [5.41, 5.74) is 7.54. The van der Waals surface area contributed by atoms with Crippen LogP contribution in [-0.2, 0) is 0 Å². The summed E-state index contributed by atoms with van der Waals surface area (Å²) < 4.78 is 0. The van der Waals surface area contributed by atoms with Gasteiger partial charge in [0.1, 0.15) is 4.99 Å². The van der Waals surface area contributed by atoms with Crippen molar-refractivity contribution in [1.29, 1.82) is 0 Å². The number of hydrogen-bond donors (Lipinski definition) is 2. The Hall–Kier alpha value is -1.20. The van der Waals surface area contributed by atoms with Crippen LogP contribution < -0.4 is 10.6 Å². The van der Waals surface area contributed by atoms with E-state index in [0.717, 1.165) is 30.8 Å². The van der Waals surface area contributed by atoms with Crippen molar-refractivity contribution >= 4 is 22.9 Å². The molecule has 1 aliphatic rings. The molecule has 2 heterocycles. The second kappa shape index (κ2) is 4.98. The minimum Gasteiger partial charge on any atom is -0.393 e. The summed E-state index contributed by atoms with van der Waals surface area (Å²) in [6.45, 7) is 3.67. The zero-order chi connectivity index (χ0) is 12.4. The smallest absolute Gasteiger partial charge is 0.106 e. The molecule has 2 atom stereocenters. The third-order valence-corrected chi connectivity index (χ3v) is 3.49. The van der Waals surface area contributed by atoms with E-state index in [1.165, 1.54) is 0 Å². The topological polar surface area (TPSA) is 62.4 Å². The summed E-state index contributed by atoms with van der Waals surface area (Å²) in [6, 6.07) is 1.84. The SMILES string of the molecule is CC1CN(c2cnccc2C(N)=S)CCC1O. The Morgan fingerprint density at radius 2 is 2.41 bits per heavy atom. The molecule has 0 radical (unpaired) electrons. The second-order valence-electron chi connectivity index (χ2n) is 4.54. The number of aliphatic hydroxyl groups excluding tert-OH is 1. The lowest BCUT2D eigenvalue weighted by molar-refractivity contribution is 0.0971. The Kier molecular flexibility index (Phi) is 3.59. The van der Waals surface area contributed by atoms with Gasteiger partial charge in [-0.3, -0.25) is 4.98 Å². The van der Waals surface area contributed by atoms with E-state index in [1.54, 1.807) is 12.4 Å². The normalized spacial score (nSPS) is 24.7. The van der Waals surface area contributed by atoms with Gasteiger partial charge >= 0.3 is 0 Å². The number of rotatable bonds is 2. The summed E-state index contributed by atoms with van der Waals surface area (Å²) in [7, 11) is 0. The number of hydrogen-bond acceptors (Lipinski definition) is 4. The fourth-order valence-electron chi connectivity index (χ4n) is 2.20. The average Bonchev–Trinajstić information content (AvgIpc) is 2.32. The lowest BCUT2D eigenvalue weighted by Crippen LogP contribution is -2.42. The van der Waals surface area contributed by atoms with E-state index in [0.29, 0.717) is 4.99 Å². The van der Waals surface area contributed by atoms with Crippen molar-refractivity contribution in [2.24, 2.45) is 11.7 Å². The molecular formula is C12H17N3OS. The van der Waals surface area contributed by atoms with E-state index in [9.17, 15) is 5.11 Å². The van der Waals surface area contributed by atoms with Crippen LogP contribution in [0.25, 0.3) is 0 Å². The highest BCUT2D eigenvalue weighted by molar-refractivity contribution is 7.80. The number of nitrogens with two attached hydrogens (primary N) is 1. The molecule has 5 heteroatoms. The molecule has 1 aliphatic heterocycles. The molecule has 0 bridgehead atoms. The first kappa shape index (κ1) is 12.3. The fourth-order valence-corrected chi connectivity index (χ4v) is 2.37. The van der Waals surface area contributed by atoms with Crippen LogP contribution in [0.1, 0.15) is 18.9 Å². The molecule has 0 spiro atoms. The second-order valence-corrected chi connectivity index (χ2v) is 4.98. The van der Waals surface area contributed by atoms with Crippen molar-refractivity contribution in [2.45, 2.75) is 19.4 Å². The van der Waals surface area contributed by atoms with Crippen LogP contribution in [0.3, 0.4) is 0 Å². The molecule has 3 N–H and O–H groups in total. The van der Waals surface area contributed by atoms with Crippen molar-refractivity contribution in [3.63, 3.8) is 0 Å². The summed E-state index contributed by atoms with van der Waals surface area (Å²) in [4.78, 5) is 6.71. The van der Waals surface area contributed by atoms with E-state index in [4.69, 9.17) is 18.0 Å². The Balaban J connectivity index is 2.25. The Morgan fingerprint density at radius 1 is 1.65 bits per heavy atom.